The fourth-order valence-corrected chi connectivity index (χ4v) is 2.21. The molecule has 0 radical (unpaired) electrons. The van der Waals surface area contributed by atoms with E-state index in [0.29, 0.717) is 16.4 Å². The fraction of sp³-hybridized carbons (Fsp3) is 0.538. The van der Waals surface area contributed by atoms with E-state index in [2.05, 4.69) is 23.3 Å². The Morgan fingerprint density at radius 3 is 2.94 bits per heavy atom. The maximum atomic E-state index is 8.90. The van der Waals surface area contributed by atoms with Gasteiger partial charge in [0.25, 0.3) is 0 Å². The summed E-state index contributed by atoms with van der Waals surface area (Å²) in [6.45, 7) is 4.62. The van der Waals surface area contributed by atoms with Crippen LogP contribution in [0.5, 0.6) is 0 Å². The third-order valence-corrected chi connectivity index (χ3v) is 3.77. The van der Waals surface area contributed by atoms with Gasteiger partial charge in [0.15, 0.2) is 0 Å². The molecule has 1 aliphatic rings. The van der Waals surface area contributed by atoms with Crippen LogP contribution in [0.3, 0.4) is 0 Å². The van der Waals surface area contributed by atoms with Crippen LogP contribution in [0.25, 0.3) is 0 Å². The second-order valence-electron chi connectivity index (χ2n) is 4.91. The smallest absolute Gasteiger partial charge is 0.146 e. The molecule has 1 aliphatic heterocycles. The number of hydrogen-bond donors (Lipinski definition) is 1. The number of halogens is 1. The van der Waals surface area contributed by atoms with E-state index in [9.17, 15) is 0 Å². The van der Waals surface area contributed by atoms with Gasteiger partial charge in [-0.25, -0.2) is 4.98 Å². The van der Waals surface area contributed by atoms with Crippen molar-refractivity contribution in [2.45, 2.75) is 19.8 Å². The van der Waals surface area contributed by atoms with Crippen molar-refractivity contribution in [3.8, 4) is 6.07 Å². The highest BCUT2D eigenvalue weighted by molar-refractivity contribution is 6.34. The van der Waals surface area contributed by atoms with E-state index in [1.54, 1.807) is 12.3 Å². The van der Waals surface area contributed by atoms with Gasteiger partial charge in [0.2, 0.25) is 0 Å². The lowest BCUT2D eigenvalue weighted by atomic mass is 9.82. The Morgan fingerprint density at radius 2 is 2.28 bits per heavy atom. The molecule has 1 N–H and O–H groups in total. The molecule has 1 aromatic rings. The van der Waals surface area contributed by atoms with Crippen molar-refractivity contribution in [2.75, 3.05) is 25.1 Å². The molecule has 5 heteroatoms. The Balaban J connectivity index is 2.04. The normalized spacial score (nSPS) is 18.1. The molecule has 96 valence electrons. The first kappa shape index (κ1) is 13.1. The van der Waals surface area contributed by atoms with Gasteiger partial charge in [-0.1, -0.05) is 18.5 Å². The number of ether oxygens (including phenoxy) is 1. The van der Waals surface area contributed by atoms with Gasteiger partial charge in [0.1, 0.15) is 16.9 Å². The van der Waals surface area contributed by atoms with Gasteiger partial charge in [-0.05, 0) is 24.3 Å². The molecule has 1 fully saturated rings. The number of aromatic nitrogens is 1. The summed E-state index contributed by atoms with van der Waals surface area (Å²) in [6, 6.07) is 3.67. The standard InChI is InChI=1S/C13H16ClN3O/c1-13(3-6-18-7-4-13)9-17-12-11(14)10(8-15)2-5-16-12/h2,5H,3-4,6-7,9H2,1H3,(H,16,17). The lowest BCUT2D eigenvalue weighted by Crippen LogP contribution is -2.33. The monoisotopic (exact) mass is 265 g/mol. The van der Waals surface area contributed by atoms with Crippen molar-refractivity contribution < 1.29 is 4.74 Å². The van der Waals surface area contributed by atoms with Crippen molar-refractivity contribution in [3.05, 3.63) is 22.8 Å². The van der Waals surface area contributed by atoms with Crippen LogP contribution in [-0.2, 0) is 4.74 Å². The number of nitrogens with zero attached hydrogens (tertiary/aromatic N) is 2. The molecule has 0 bridgehead atoms. The molecule has 18 heavy (non-hydrogen) atoms. The van der Waals surface area contributed by atoms with Gasteiger partial charge in [0.05, 0.1) is 5.56 Å². The van der Waals surface area contributed by atoms with Crippen molar-refractivity contribution in [1.29, 1.82) is 5.26 Å². The van der Waals surface area contributed by atoms with E-state index in [4.69, 9.17) is 21.6 Å². The molecule has 0 aliphatic carbocycles. The van der Waals surface area contributed by atoms with Crippen LogP contribution in [0.1, 0.15) is 25.3 Å². The minimum atomic E-state index is 0.200. The highest BCUT2D eigenvalue weighted by Crippen LogP contribution is 2.31. The average molecular weight is 266 g/mol. The van der Waals surface area contributed by atoms with E-state index in [1.807, 2.05) is 0 Å². The SMILES string of the molecule is CC1(CNc2nccc(C#N)c2Cl)CCOCC1. The number of nitriles is 1. The number of hydrogen-bond acceptors (Lipinski definition) is 4. The minimum absolute atomic E-state index is 0.200. The number of pyridine rings is 1. The summed E-state index contributed by atoms with van der Waals surface area (Å²) in [5, 5.41) is 12.6. The van der Waals surface area contributed by atoms with Gasteiger partial charge in [-0.3, -0.25) is 0 Å². The number of nitrogens with one attached hydrogen (secondary N) is 1. The molecule has 2 heterocycles. The van der Waals surface area contributed by atoms with E-state index in [1.165, 1.54) is 0 Å². The molecule has 0 unspecified atom stereocenters. The molecule has 0 atom stereocenters. The highest BCUT2D eigenvalue weighted by Gasteiger charge is 2.27. The largest absolute Gasteiger partial charge is 0.381 e. The van der Waals surface area contributed by atoms with E-state index >= 15 is 0 Å². The van der Waals surface area contributed by atoms with Crippen LogP contribution in [0.2, 0.25) is 5.02 Å². The molecule has 2 rings (SSSR count). The van der Waals surface area contributed by atoms with Crippen molar-refractivity contribution >= 4 is 17.4 Å². The van der Waals surface area contributed by atoms with Crippen LogP contribution in [0, 0.1) is 16.7 Å². The zero-order valence-corrected chi connectivity index (χ0v) is 11.1. The second-order valence-corrected chi connectivity index (χ2v) is 5.29. The Labute approximate surface area is 112 Å². The molecule has 1 aromatic heterocycles. The first-order valence-electron chi connectivity index (χ1n) is 6.01. The molecular formula is C13H16ClN3O. The van der Waals surface area contributed by atoms with Crippen LogP contribution in [0.4, 0.5) is 5.82 Å². The van der Waals surface area contributed by atoms with Crippen LogP contribution in [0.15, 0.2) is 12.3 Å². The first-order valence-corrected chi connectivity index (χ1v) is 6.39. The quantitative estimate of drug-likeness (QED) is 0.913. The molecule has 4 nitrogen and oxygen atoms in total. The van der Waals surface area contributed by atoms with Crippen molar-refractivity contribution in [1.82, 2.24) is 4.98 Å². The molecule has 0 spiro atoms. The van der Waals surface area contributed by atoms with Crippen LogP contribution < -0.4 is 5.32 Å². The van der Waals surface area contributed by atoms with Crippen molar-refractivity contribution in [3.63, 3.8) is 0 Å². The zero-order valence-electron chi connectivity index (χ0n) is 10.4. The Hall–Kier alpha value is -1.31. The fourth-order valence-electron chi connectivity index (χ4n) is 1.99. The zero-order chi connectivity index (χ0) is 13.0. The summed E-state index contributed by atoms with van der Waals surface area (Å²) < 4.78 is 5.36. The lowest BCUT2D eigenvalue weighted by molar-refractivity contribution is 0.0300. The summed E-state index contributed by atoms with van der Waals surface area (Å²) in [6.07, 6.45) is 3.64. The Bertz CT molecular complexity index is 464. The van der Waals surface area contributed by atoms with E-state index in [0.717, 1.165) is 32.6 Å². The molecule has 0 aromatic carbocycles. The molecule has 0 amide bonds. The predicted octanol–water partition coefficient (Wildman–Crippen LogP) is 2.84. The van der Waals surface area contributed by atoms with Gasteiger partial charge in [-0.15, -0.1) is 0 Å². The maximum absolute atomic E-state index is 8.90. The predicted molar refractivity (Wildman–Crippen MR) is 70.6 cm³/mol. The molecular weight excluding hydrogens is 250 g/mol. The maximum Gasteiger partial charge on any atom is 0.146 e. The van der Waals surface area contributed by atoms with E-state index in [-0.39, 0.29) is 5.41 Å². The summed E-state index contributed by atoms with van der Waals surface area (Å²) in [4.78, 5) is 4.18. The lowest BCUT2D eigenvalue weighted by Gasteiger charge is -2.33. The van der Waals surface area contributed by atoms with Crippen molar-refractivity contribution in [2.24, 2.45) is 5.41 Å². The highest BCUT2D eigenvalue weighted by atomic mass is 35.5. The average Bonchev–Trinajstić information content (AvgIpc) is 2.38. The Morgan fingerprint density at radius 1 is 1.56 bits per heavy atom. The second kappa shape index (κ2) is 5.55. The summed E-state index contributed by atoms with van der Waals surface area (Å²) in [5.74, 6) is 0.587. The number of anilines is 1. The minimum Gasteiger partial charge on any atom is -0.381 e. The molecule has 0 saturated carbocycles. The van der Waals surface area contributed by atoms with Crippen LogP contribution in [-0.4, -0.2) is 24.7 Å². The molecule has 1 saturated heterocycles. The third kappa shape index (κ3) is 2.92. The number of rotatable bonds is 3. The van der Waals surface area contributed by atoms with Gasteiger partial charge in [-0.2, -0.15) is 5.26 Å². The van der Waals surface area contributed by atoms with Gasteiger partial charge in [0, 0.05) is 26.0 Å². The Kier molecular flexibility index (Phi) is 4.05. The van der Waals surface area contributed by atoms with E-state index < -0.39 is 0 Å². The third-order valence-electron chi connectivity index (χ3n) is 3.39. The topological polar surface area (TPSA) is 57.9 Å². The van der Waals surface area contributed by atoms with Gasteiger partial charge >= 0.3 is 0 Å². The first-order chi connectivity index (χ1) is 8.64. The van der Waals surface area contributed by atoms with Gasteiger partial charge < -0.3 is 10.1 Å². The summed E-state index contributed by atoms with van der Waals surface area (Å²) in [5.41, 5.74) is 0.651. The van der Waals surface area contributed by atoms with Crippen LogP contribution >= 0.6 is 11.6 Å². The summed E-state index contributed by atoms with van der Waals surface area (Å²) in [7, 11) is 0. The summed E-state index contributed by atoms with van der Waals surface area (Å²) >= 11 is 6.10.